The lowest BCUT2D eigenvalue weighted by Crippen LogP contribution is -2.41. The zero-order chi connectivity index (χ0) is 13.0. The predicted molar refractivity (Wildman–Crippen MR) is 68.5 cm³/mol. The Morgan fingerprint density at radius 1 is 1.44 bits per heavy atom. The van der Waals surface area contributed by atoms with E-state index >= 15 is 0 Å². The first-order chi connectivity index (χ1) is 8.77. The van der Waals surface area contributed by atoms with E-state index in [1.165, 1.54) is 12.5 Å². The van der Waals surface area contributed by atoms with Crippen molar-refractivity contribution in [2.24, 2.45) is 0 Å². The van der Waals surface area contributed by atoms with Gasteiger partial charge in [0, 0.05) is 19.2 Å². The highest BCUT2D eigenvalue weighted by Crippen LogP contribution is 2.32. The van der Waals surface area contributed by atoms with E-state index in [1.807, 2.05) is 0 Å². The van der Waals surface area contributed by atoms with Crippen molar-refractivity contribution in [3.63, 3.8) is 0 Å². The first-order valence-corrected chi connectivity index (χ1v) is 6.39. The molecule has 98 valence electrons. The van der Waals surface area contributed by atoms with Crippen LogP contribution in [0.1, 0.15) is 36.0 Å². The molecule has 0 radical (unpaired) electrons. The molecule has 1 aliphatic rings. The summed E-state index contributed by atoms with van der Waals surface area (Å²) in [5.74, 6) is -0.476. The molecule has 0 atom stereocenters. The Labute approximate surface area is 106 Å². The van der Waals surface area contributed by atoms with E-state index in [9.17, 15) is 9.18 Å². The Morgan fingerprint density at radius 3 is 2.78 bits per heavy atom. The van der Waals surface area contributed by atoms with Crippen molar-refractivity contribution >= 4 is 12.0 Å². The monoisotopic (exact) mass is 251 g/mol. The molecule has 18 heavy (non-hydrogen) atoms. The second-order valence-electron chi connectivity index (χ2n) is 4.65. The summed E-state index contributed by atoms with van der Waals surface area (Å²) in [6.07, 6.45) is 4.52. The standard InChI is InChI=1S/C14H18FNO2/c15-13-6-2-7-14(12(13)10-18)16(8-3-9-17)11-4-1-5-11/h2,6-7,10-11,17H,1,3-5,8-9H2. The van der Waals surface area contributed by atoms with E-state index in [0.29, 0.717) is 31.0 Å². The molecule has 0 saturated heterocycles. The third-order valence-electron chi connectivity index (χ3n) is 3.53. The number of hydrogen-bond donors (Lipinski definition) is 1. The van der Waals surface area contributed by atoms with Crippen molar-refractivity contribution < 1.29 is 14.3 Å². The van der Waals surface area contributed by atoms with Crippen LogP contribution in [0.3, 0.4) is 0 Å². The van der Waals surface area contributed by atoms with E-state index < -0.39 is 5.82 Å². The SMILES string of the molecule is O=Cc1c(F)cccc1N(CCCO)C1CCC1. The smallest absolute Gasteiger partial charge is 0.155 e. The minimum atomic E-state index is -0.476. The van der Waals surface area contributed by atoms with Crippen molar-refractivity contribution in [3.8, 4) is 0 Å². The number of nitrogens with zero attached hydrogens (tertiary/aromatic N) is 1. The number of aldehydes is 1. The summed E-state index contributed by atoms with van der Waals surface area (Å²) in [7, 11) is 0. The highest BCUT2D eigenvalue weighted by Gasteiger charge is 2.26. The molecule has 0 amide bonds. The molecule has 0 aliphatic heterocycles. The number of carbonyl (C=O) groups excluding carboxylic acids is 1. The maximum Gasteiger partial charge on any atom is 0.155 e. The number of anilines is 1. The zero-order valence-corrected chi connectivity index (χ0v) is 10.3. The summed E-state index contributed by atoms with van der Waals surface area (Å²) in [6, 6.07) is 5.08. The van der Waals surface area contributed by atoms with Crippen LogP contribution in [0.4, 0.5) is 10.1 Å². The summed E-state index contributed by atoms with van der Waals surface area (Å²) < 4.78 is 13.6. The number of benzene rings is 1. The second kappa shape index (κ2) is 5.96. The van der Waals surface area contributed by atoms with Gasteiger partial charge in [-0.2, -0.15) is 0 Å². The van der Waals surface area contributed by atoms with E-state index in [4.69, 9.17) is 5.11 Å². The second-order valence-corrected chi connectivity index (χ2v) is 4.65. The Hall–Kier alpha value is -1.42. The van der Waals surface area contributed by atoms with Crippen molar-refractivity contribution in [3.05, 3.63) is 29.6 Å². The predicted octanol–water partition coefficient (Wildman–Crippen LogP) is 2.38. The third kappa shape index (κ3) is 2.53. The summed E-state index contributed by atoms with van der Waals surface area (Å²) in [5, 5.41) is 8.95. The molecule has 1 fully saturated rings. The fourth-order valence-corrected chi connectivity index (χ4v) is 2.33. The van der Waals surface area contributed by atoms with Gasteiger partial charge < -0.3 is 10.0 Å². The van der Waals surface area contributed by atoms with Crippen molar-refractivity contribution in [2.75, 3.05) is 18.1 Å². The zero-order valence-electron chi connectivity index (χ0n) is 10.3. The van der Waals surface area contributed by atoms with Crippen molar-refractivity contribution in [1.29, 1.82) is 0 Å². The van der Waals surface area contributed by atoms with Crippen LogP contribution in [0.25, 0.3) is 0 Å². The van der Waals surface area contributed by atoms with Crippen molar-refractivity contribution in [2.45, 2.75) is 31.7 Å². The summed E-state index contributed by atoms with van der Waals surface area (Å²) in [6.45, 7) is 0.764. The molecule has 1 aliphatic carbocycles. The van der Waals surface area contributed by atoms with Gasteiger partial charge >= 0.3 is 0 Å². The maximum atomic E-state index is 13.6. The molecule has 3 nitrogen and oxygen atoms in total. The van der Waals surface area contributed by atoms with Gasteiger partial charge in [0.1, 0.15) is 5.82 Å². The van der Waals surface area contributed by atoms with E-state index in [0.717, 1.165) is 12.8 Å². The summed E-state index contributed by atoms with van der Waals surface area (Å²) >= 11 is 0. The summed E-state index contributed by atoms with van der Waals surface area (Å²) in [4.78, 5) is 13.1. The lowest BCUT2D eigenvalue weighted by Gasteiger charge is -2.40. The average Bonchev–Trinajstić information content (AvgIpc) is 2.31. The quantitative estimate of drug-likeness (QED) is 0.789. The number of carbonyl (C=O) groups is 1. The van der Waals surface area contributed by atoms with Gasteiger partial charge in [-0.25, -0.2) is 4.39 Å². The molecule has 1 saturated carbocycles. The van der Waals surface area contributed by atoms with Gasteiger partial charge in [0.25, 0.3) is 0 Å². The fourth-order valence-electron chi connectivity index (χ4n) is 2.33. The third-order valence-corrected chi connectivity index (χ3v) is 3.53. The van der Waals surface area contributed by atoms with Gasteiger partial charge in [0.15, 0.2) is 6.29 Å². The Morgan fingerprint density at radius 2 is 2.22 bits per heavy atom. The first kappa shape index (κ1) is 13.0. The molecule has 1 N–H and O–H groups in total. The number of aliphatic hydroxyl groups is 1. The van der Waals surface area contributed by atoms with Gasteiger partial charge in [-0.3, -0.25) is 4.79 Å². The van der Waals surface area contributed by atoms with E-state index in [-0.39, 0.29) is 12.2 Å². The molecule has 2 rings (SSSR count). The minimum Gasteiger partial charge on any atom is -0.396 e. The lowest BCUT2D eigenvalue weighted by molar-refractivity contribution is 0.112. The first-order valence-electron chi connectivity index (χ1n) is 6.39. The Bertz CT molecular complexity index is 418. The van der Waals surface area contributed by atoms with Crippen LogP contribution >= 0.6 is 0 Å². The lowest BCUT2D eigenvalue weighted by atomic mass is 9.90. The normalized spacial score (nSPS) is 15.2. The fraction of sp³-hybridized carbons (Fsp3) is 0.500. The maximum absolute atomic E-state index is 13.6. The molecule has 1 aromatic carbocycles. The molecule has 4 heteroatoms. The number of hydrogen-bond acceptors (Lipinski definition) is 3. The molecule has 1 aromatic rings. The molecule has 0 unspecified atom stereocenters. The molecule has 0 aromatic heterocycles. The van der Waals surface area contributed by atoms with Gasteiger partial charge in [-0.05, 0) is 37.8 Å². The number of halogens is 1. The van der Waals surface area contributed by atoms with E-state index in [2.05, 4.69) is 4.90 Å². The Balaban J connectivity index is 2.28. The highest BCUT2D eigenvalue weighted by atomic mass is 19.1. The molecule has 0 heterocycles. The van der Waals surface area contributed by atoms with Crippen LogP contribution in [0, 0.1) is 5.82 Å². The Kier molecular flexibility index (Phi) is 4.31. The van der Waals surface area contributed by atoms with Gasteiger partial charge in [0.2, 0.25) is 0 Å². The average molecular weight is 251 g/mol. The molecular formula is C14H18FNO2. The van der Waals surface area contributed by atoms with Gasteiger partial charge in [-0.15, -0.1) is 0 Å². The molecular weight excluding hydrogens is 233 g/mol. The summed E-state index contributed by atoms with van der Waals surface area (Å²) in [5.41, 5.74) is 0.783. The van der Waals surface area contributed by atoms with Crippen LogP contribution in [-0.4, -0.2) is 30.6 Å². The topological polar surface area (TPSA) is 40.5 Å². The van der Waals surface area contributed by atoms with Crippen LogP contribution in [0.2, 0.25) is 0 Å². The van der Waals surface area contributed by atoms with Crippen LogP contribution in [0.5, 0.6) is 0 Å². The highest BCUT2D eigenvalue weighted by molar-refractivity contribution is 5.85. The van der Waals surface area contributed by atoms with Crippen LogP contribution in [0.15, 0.2) is 18.2 Å². The van der Waals surface area contributed by atoms with Crippen LogP contribution < -0.4 is 4.90 Å². The van der Waals surface area contributed by atoms with Gasteiger partial charge in [-0.1, -0.05) is 6.07 Å². The number of aliphatic hydroxyl groups excluding tert-OH is 1. The largest absolute Gasteiger partial charge is 0.396 e. The molecule has 0 bridgehead atoms. The van der Waals surface area contributed by atoms with Crippen molar-refractivity contribution in [1.82, 2.24) is 0 Å². The minimum absolute atomic E-state index is 0.106. The molecule has 0 spiro atoms. The van der Waals surface area contributed by atoms with E-state index in [1.54, 1.807) is 12.1 Å². The number of rotatable bonds is 6. The van der Waals surface area contributed by atoms with Crippen LogP contribution in [-0.2, 0) is 0 Å². The van der Waals surface area contributed by atoms with Gasteiger partial charge in [0.05, 0.1) is 11.3 Å².